The minimum absolute atomic E-state index is 0.151. The molecule has 0 atom stereocenters. The third-order valence-corrected chi connectivity index (χ3v) is 4.12. The second kappa shape index (κ2) is 7.25. The van der Waals surface area contributed by atoms with Gasteiger partial charge in [0.05, 0.1) is 11.0 Å². The van der Waals surface area contributed by atoms with E-state index < -0.39 is 0 Å². The third kappa shape index (κ3) is 3.97. The first kappa shape index (κ1) is 14.8. The van der Waals surface area contributed by atoms with E-state index in [0.717, 1.165) is 42.5 Å². The quantitative estimate of drug-likeness (QED) is 0.633. The Hall–Kier alpha value is -2.10. The highest BCUT2D eigenvalue weighted by Crippen LogP contribution is 2.19. The number of hydrogen-bond acceptors (Lipinski definition) is 2. The number of benzene rings is 1. The number of fused-ring (bicyclic) bond motifs is 1. The van der Waals surface area contributed by atoms with Crippen LogP contribution in [0.15, 0.2) is 35.9 Å². The lowest BCUT2D eigenvalue weighted by Crippen LogP contribution is -2.25. The van der Waals surface area contributed by atoms with Gasteiger partial charge in [0.25, 0.3) is 0 Å². The largest absolute Gasteiger partial charge is 0.356 e. The Bertz CT molecular complexity index is 639. The molecule has 2 N–H and O–H groups in total. The molecule has 1 aromatic carbocycles. The summed E-state index contributed by atoms with van der Waals surface area (Å²) in [4.78, 5) is 19.8. The van der Waals surface area contributed by atoms with E-state index in [1.54, 1.807) is 0 Å². The molecule has 0 bridgehead atoms. The summed E-state index contributed by atoms with van der Waals surface area (Å²) in [6.07, 6.45) is 9.29. The molecule has 116 valence electrons. The van der Waals surface area contributed by atoms with Gasteiger partial charge in [-0.25, -0.2) is 4.98 Å². The number of H-pyrrole nitrogens is 1. The first-order valence-corrected chi connectivity index (χ1v) is 8.19. The summed E-state index contributed by atoms with van der Waals surface area (Å²) in [7, 11) is 0. The highest BCUT2D eigenvalue weighted by molar-refractivity contribution is 5.78. The monoisotopic (exact) mass is 297 g/mol. The maximum absolute atomic E-state index is 11.9. The van der Waals surface area contributed by atoms with E-state index in [1.807, 2.05) is 24.3 Å². The van der Waals surface area contributed by atoms with Gasteiger partial charge in [-0.2, -0.15) is 0 Å². The molecule has 3 rings (SSSR count). The van der Waals surface area contributed by atoms with Crippen LogP contribution in [0.25, 0.3) is 11.0 Å². The number of allylic oxidation sites excluding steroid dienone is 1. The van der Waals surface area contributed by atoms with Gasteiger partial charge in [-0.3, -0.25) is 4.79 Å². The highest BCUT2D eigenvalue weighted by Gasteiger charge is 2.08. The molecule has 0 unspecified atom stereocenters. The second-order valence-electron chi connectivity index (χ2n) is 5.94. The van der Waals surface area contributed by atoms with Crippen molar-refractivity contribution in [2.75, 3.05) is 6.54 Å². The number of nitrogens with one attached hydrogen (secondary N) is 2. The summed E-state index contributed by atoms with van der Waals surface area (Å²) in [6, 6.07) is 8.04. The molecule has 1 aliphatic carbocycles. The van der Waals surface area contributed by atoms with Gasteiger partial charge in [-0.1, -0.05) is 23.8 Å². The molecule has 1 heterocycles. The Morgan fingerprint density at radius 1 is 1.27 bits per heavy atom. The molecule has 0 fully saturated rings. The summed E-state index contributed by atoms with van der Waals surface area (Å²) < 4.78 is 0. The Morgan fingerprint density at radius 3 is 3.00 bits per heavy atom. The summed E-state index contributed by atoms with van der Waals surface area (Å²) in [5.41, 5.74) is 3.39. The van der Waals surface area contributed by atoms with E-state index in [4.69, 9.17) is 0 Å². The number of carbonyl (C=O) groups is 1. The van der Waals surface area contributed by atoms with Crippen LogP contribution in [0.1, 0.15) is 44.3 Å². The lowest BCUT2D eigenvalue weighted by Gasteiger charge is -2.12. The normalized spacial score (nSPS) is 14.8. The fraction of sp³-hybridized carbons (Fsp3) is 0.444. The number of para-hydroxylation sites is 2. The second-order valence-corrected chi connectivity index (χ2v) is 5.94. The predicted molar refractivity (Wildman–Crippen MR) is 88.6 cm³/mol. The number of nitrogens with zero attached hydrogens (tertiary/aromatic N) is 1. The third-order valence-electron chi connectivity index (χ3n) is 4.12. The number of imidazole rings is 1. The molecule has 1 aromatic heterocycles. The van der Waals surface area contributed by atoms with E-state index in [2.05, 4.69) is 21.4 Å². The maximum atomic E-state index is 11.9. The summed E-state index contributed by atoms with van der Waals surface area (Å²) in [5, 5.41) is 3.01. The molecule has 0 aliphatic heterocycles. The number of amides is 1. The predicted octanol–water partition coefficient (Wildman–Crippen LogP) is 3.50. The van der Waals surface area contributed by atoms with Gasteiger partial charge in [0.1, 0.15) is 5.82 Å². The van der Waals surface area contributed by atoms with Gasteiger partial charge in [0, 0.05) is 19.4 Å². The zero-order chi connectivity index (χ0) is 15.2. The average molecular weight is 297 g/mol. The molecule has 1 amide bonds. The molecule has 4 heteroatoms. The zero-order valence-corrected chi connectivity index (χ0v) is 12.9. The van der Waals surface area contributed by atoms with Gasteiger partial charge < -0.3 is 10.3 Å². The fourth-order valence-electron chi connectivity index (χ4n) is 2.94. The molecule has 2 aromatic rings. The smallest absolute Gasteiger partial charge is 0.224 e. The number of rotatable bonds is 6. The van der Waals surface area contributed by atoms with Crippen LogP contribution >= 0.6 is 0 Å². The number of aromatic nitrogens is 2. The van der Waals surface area contributed by atoms with Crippen molar-refractivity contribution in [3.8, 4) is 0 Å². The Morgan fingerprint density at radius 2 is 2.18 bits per heavy atom. The average Bonchev–Trinajstić information content (AvgIpc) is 2.95. The first-order chi connectivity index (χ1) is 10.8. The van der Waals surface area contributed by atoms with E-state index in [-0.39, 0.29) is 5.91 Å². The van der Waals surface area contributed by atoms with Gasteiger partial charge in [0.15, 0.2) is 0 Å². The molecule has 0 radical (unpaired) electrons. The fourth-order valence-corrected chi connectivity index (χ4v) is 2.94. The Kier molecular flexibility index (Phi) is 4.88. The molecule has 0 saturated carbocycles. The standard InChI is InChI=1S/C18H23N3O/c22-18(13-14-7-2-1-3-8-14)19-12-6-11-17-20-15-9-4-5-10-16(15)21-17/h4-5,7,9-10H,1-3,6,8,11-13H2,(H,19,22)(H,20,21). The van der Waals surface area contributed by atoms with Crippen molar-refractivity contribution in [3.63, 3.8) is 0 Å². The van der Waals surface area contributed by atoms with Crippen molar-refractivity contribution >= 4 is 16.9 Å². The minimum Gasteiger partial charge on any atom is -0.356 e. The van der Waals surface area contributed by atoms with Crippen LogP contribution in [0.5, 0.6) is 0 Å². The lowest BCUT2D eigenvalue weighted by atomic mass is 9.97. The highest BCUT2D eigenvalue weighted by atomic mass is 16.1. The van der Waals surface area contributed by atoms with Crippen LogP contribution in [0.2, 0.25) is 0 Å². The van der Waals surface area contributed by atoms with Gasteiger partial charge in [-0.05, 0) is 44.2 Å². The summed E-state index contributed by atoms with van der Waals surface area (Å²) >= 11 is 0. The van der Waals surface area contributed by atoms with Gasteiger partial charge in [0.2, 0.25) is 5.91 Å². The van der Waals surface area contributed by atoms with E-state index in [9.17, 15) is 4.79 Å². The van der Waals surface area contributed by atoms with Gasteiger partial charge in [-0.15, -0.1) is 0 Å². The van der Waals surface area contributed by atoms with Crippen molar-refractivity contribution in [2.45, 2.75) is 44.9 Å². The van der Waals surface area contributed by atoms with Crippen molar-refractivity contribution in [1.29, 1.82) is 0 Å². The molecule has 0 spiro atoms. The van der Waals surface area contributed by atoms with Gasteiger partial charge >= 0.3 is 0 Å². The Labute approximate surface area is 131 Å². The number of carbonyl (C=O) groups excluding carboxylic acids is 1. The SMILES string of the molecule is O=C(CC1=CCCCC1)NCCCc1nc2ccccc2[nH]1. The zero-order valence-electron chi connectivity index (χ0n) is 12.9. The van der Waals surface area contributed by atoms with Crippen molar-refractivity contribution in [2.24, 2.45) is 0 Å². The topological polar surface area (TPSA) is 57.8 Å². The van der Waals surface area contributed by atoms with E-state index >= 15 is 0 Å². The van der Waals surface area contributed by atoms with Crippen LogP contribution in [-0.2, 0) is 11.2 Å². The summed E-state index contributed by atoms with van der Waals surface area (Å²) in [6.45, 7) is 0.711. The molecule has 4 nitrogen and oxygen atoms in total. The molecule has 0 saturated heterocycles. The number of aryl methyl sites for hydroxylation is 1. The van der Waals surface area contributed by atoms with E-state index in [0.29, 0.717) is 13.0 Å². The summed E-state index contributed by atoms with van der Waals surface area (Å²) in [5.74, 6) is 1.14. The van der Waals surface area contributed by atoms with Crippen LogP contribution in [0, 0.1) is 0 Å². The number of aromatic amines is 1. The van der Waals surface area contributed by atoms with Crippen LogP contribution < -0.4 is 5.32 Å². The molecule has 22 heavy (non-hydrogen) atoms. The van der Waals surface area contributed by atoms with Crippen LogP contribution in [-0.4, -0.2) is 22.4 Å². The first-order valence-electron chi connectivity index (χ1n) is 8.19. The lowest BCUT2D eigenvalue weighted by molar-refractivity contribution is -0.120. The Balaban J connectivity index is 1.39. The van der Waals surface area contributed by atoms with Crippen LogP contribution in [0.3, 0.4) is 0 Å². The molecular formula is C18H23N3O. The van der Waals surface area contributed by atoms with Crippen molar-refractivity contribution in [1.82, 2.24) is 15.3 Å². The van der Waals surface area contributed by atoms with Crippen LogP contribution in [0.4, 0.5) is 0 Å². The van der Waals surface area contributed by atoms with Crippen molar-refractivity contribution in [3.05, 3.63) is 41.7 Å². The molecule has 1 aliphatic rings. The molecular weight excluding hydrogens is 274 g/mol. The maximum Gasteiger partial charge on any atom is 0.224 e. The van der Waals surface area contributed by atoms with Crippen molar-refractivity contribution < 1.29 is 4.79 Å². The minimum atomic E-state index is 0.151. The number of hydrogen-bond donors (Lipinski definition) is 2. The van der Waals surface area contributed by atoms with E-state index in [1.165, 1.54) is 18.4 Å².